The van der Waals surface area contributed by atoms with Gasteiger partial charge in [-0.05, 0) is 80.5 Å². The molecule has 2 aromatic heterocycles. The van der Waals surface area contributed by atoms with Gasteiger partial charge in [0.2, 0.25) is 0 Å². The molecule has 1 saturated heterocycles. The number of halogens is 1. The van der Waals surface area contributed by atoms with E-state index in [1.54, 1.807) is 6.07 Å². The van der Waals surface area contributed by atoms with Crippen LogP contribution in [0.15, 0.2) is 42.6 Å². The summed E-state index contributed by atoms with van der Waals surface area (Å²) in [6.07, 6.45) is 7.75. The normalized spacial score (nSPS) is 16.9. The Morgan fingerprint density at radius 3 is 2.59 bits per heavy atom. The fourth-order valence-corrected chi connectivity index (χ4v) is 4.96. The number of rotatable bonds is 4. The Hall–Kier alpha value is -3.19. The lowest BCUT2D eigenvalue weighted by Crippen LogP contribution is -2.16. The van der Waals surface area contributed by atoms with E-state index in [1.807, 2.05) is 25.3 Å². The summed E-state index contributed by atoms with van der Waals surface area (Å²) in [5, 5.41) is 17.7. The largest absolute Gasteiger partial charge is 0.481 e. The van der Waals surface area contributed by atoms with E-state index in [0.29, 0.717) is 23.8 Å². The van der Waals surface area contributed by atoms with E-state index in [1.165, 1.54) is 17.5 Å². The number of aromatic amines is 1. The molecule has 3 heterocycles. The van der Waals surface area contributed by atoms with Crippen LogP contribution in [0.5, 0.6) is 0 Å². The number of nitrogens with one attached hydrogen (secondary N) is 1. The zero-order valence-corrected chi connectivity index (χ0v) is 19.4. The SMILES string of the molecule is Cc1cc(-n2c(C3CCOCC3)cc3cc4[nH]ncc4cc32)ccc1F.O=C(O)CC1CCC1. The van der Waals surface area contributed by atoms with Crippen LogP contribution >= 0.6 is 0 Å². The highest BCUT2D eigenvalue weighted by atomic mass is 19.1. The number of hydrogen-bond donors (Lipinski definition) is 2. The minimum absolute atomic E-state index is 0.171. The van der Waals surface area contributed by atoms with Gasteiger partial charge in [0.1, 0.15) is 5.82 Å². The average molecular weight is 464 g/mol. The van der Waals surface area contributed by atoms with Gasteiger partial charge in [0.15, 0.2) is 0 Å². The molecule has 2 aromatic carbocycles. The topological polar surface area (TPSA) is 80.1 Å². The summed E-state index contributed by atoms with van der Waals surface area (Å²) in [5.41, 5.74) is 5.10. The fraction of sp³-hybridized carbons (Fsp3) is 0.407. The van der Waals surface area contributed by atoms with Gasteiger partial charge < -0.3 is 14.4 Å². The number of aryl methyl sites for hydroxylation is 1. The van der Waals surface area contributed by atoms with Crippen LogP contribution in [-0.4, -0.2) is 39.1 Å². The molecule has 1 saturated carbocycles. The van der Waals surface area contributed by atoms with Gasteiger partial charge in [-0.2, -0.15) is 5.10 Å². The van der Waals surface area contributed by atoms with E-state index >= 15 is 0 Å². The van der Waals surface area contributed by atoms with Crippen molar-refractivity contribution in [3.63, 3.8) is 0 Å². The van der Waals surface area contributed by atoms with Crippen molar-refractivity contribution in [3.05, 3.63) is 59.7 Å². The number of H-pyrrole nitrogens is 1. The predicted molar refractivity (Wildman–Crippen MR) is 130 cm³/mol. The Labute approximate surface area is 197 Å². The first-order chi connectivity index (χ1) is 16.5. The number of aliphatic carboxylic acids is 1. The molecular weight excluding hydrogens is 433 g/mol. The number of carboxylic acid groups (broad SMARTS) is 1. The number of hydrogen-bond acceptors (Lipinski definition) is 3. The van der Waals surface area contributed by atoms with Crippen molar-refractivity contribution in [2.24, 2.45) is 5.92 Å². The molecule has 0 bridgehead atoms. The molecule has 2 N–H and O–H groups in total. The number of carbonyl (C=O) groups is 1. The number of aromatic nitrogens is 3. The van der Waals surface area contributed by atoms with Crippen LogP contribution in [0.1, 0.15) is 55.7 Å². The molecule has 1 aliphatic heterocycles. The number of ether oxygens (including phenoxy) is 1. The van der Waals surface area contributed by atoms with E-state index in [2.05, 4.69) is 33.0 Å². The van der Waals surface area contributed by atoms with Gasteiger partial charge in [-0.15, -0.1) is 0 Å². The maximum absolute atomic E-state index is 13.8. The molecule has 4 aromatic rings. The third-order valence-corrected chi connectivity index (χ3v) is 7.12. The van der Waals surface area contributed by atoms with Gasteiger partial charge in [0, 0.05) is 47.7 Å². The second kappa shape index (κ2) is 9.58. The highest BCUT2D eigenvalue weighted by Gasteiger charge is 2.23. The third kappa shape index (κ3) is 4.57. The summed E-state index contributed by atoms with van der Waals surface area (Å²) in [6.45, 7) is 3.39. The number of carboxylic acids is 1. The Kier molecular flexibility index (Phi) is 6.37. The molecule has 0 spiro atoms. The van der Waals surface area contributed by atoms with Crippen LogP contribution in [0.2, 0.25) is 0 Å². The Balaban J connectivity index is 0.000000257. The first kappa shape index (κ1) is 22.6. The zero-order valence-electron chi connectivity index (χ0n) is 19.4. The Morgan fingerprint density at radius 2 is 1.94 bits per heavy atom. The first-order valence-electron chi connectivity index (χ1n) is 12.0. The lowest BCUT2D eigenvalue weighted by molar-refractivity contribution is -0.138. The van der Waals surface area contributed by atoms with Crippen molar-refractivity contribution in [3.8, 4) is 5.69 Å². The molecule has 6 rings (SSSR count). The lowest BCUT2D eigenvalue weighted by atomic mass is 9.83. The summed E-state index contributed by atoms with van der Waals surface area (Å²) in [7, 11) is 0. The van der Waals surface area contributed by atoms with Crippen LogP contribution in [0.4, 0.5) is 4.39 Å². The predicted octanol–water partition coefficient (Wildman–Crippen LogP) is 6.11. The van der Waals surface area contributed by atoms with Gasteiger partial charge >= 0.3 is 5.97 Å². The van der Waals surface area contributed by atoms with Crippen molar-refractivity contribution >= 4 is 27.8 Å². The summed E-state index contributed by atoms with van der Waals surface area (Å²) < 4.78 is 21.7. The van der Waals surface area contributed by atoms with Gasteiger partial charge in [0.05, 0.1) is 17.2 Å². The molecule has 6 nitrogen and oxygen atoms in total. The maximum atomic E-state index is 13.8. The fourth-order valence-electron chi connectivity index (χ4n) is 4.96. The van der Waals surface area contributed by atoms with Crippen LogP contribution in [-0.2, 0) is 9.53 Å². The van der Waals surface area contributed by atoms with Gasteiger partial charge in [0.25, 0.3) is 0 Å². The molecule has 0 amide bonds. The van der Waals surface area contributed by atoms with Crippen LogP contribution in [0, 0.1) is 18.7 Å². The molecule has 0 unspecified atom stereocenters. The maximum Gasteiger partial charge on any atom is 0.303 e. The van der Waals surface area contributed by atoms with Crippen molar-refractivity contribution in [1.29, 1.82) is 0 Å². The van der Waals surface area contributed by atoms with E-state index in [-0.39, 0.29) is 5.82 Å². The second-order valence-electron chi connectivity index (χ2n) is 9.49. The second-order valence-corrected chi connectivity index (χ2v) is 9.49. The summed E-state index contributed by atoms with van der Waals surface area (Å²) in [5.74, 6) is 0.134. The quantitative estimate of drug-likeness (QED) is 0.383. The number of fused-ring (bicyclic) bond motifs is 2. The van der Waals surface area contributed by atoms with E-state index in [4.69, 9.17) is 9.84 Å². The summed E-state index contributed by atoms with van der Waals surface area (Å²) >= 11 is 0. The zero-order chi connectivity index (χ0) is 23.7. The summed E-state index contributed by atoms with van der Waals surface area (Å²) in [6, 6.07) is 11.9. The van der Waals surface area contributed by atoms with Gasteiger partial charge in [-0.1, -0.05) is 6.42 Å². The third-order valence-electron chi connectivity index (χ3n) is 7.12. The van der Waals surface area contributed by atoms with Gasteiger partial charge in [-0.25, -0.2) is 4.39 Å². The van der Waals surface area contributed by atoms with Crippen LogP contribution in [0.25, 0.3) is 27.5 Å². The van der Waals surface area contributed by atoms with Crippen molar-refractivity contribution < 1.29 is 19.0 Å². The van der Waals surface area contributed by atoms with E-state index in [0.717, 1.165) is 61.0 Å². The average Bonchev–Trinajstić information content (AvgIpc) is 3.41. The first-order valence-corrected chi connectivity index (χ1v) is 12.0. The van der Waals surface area contributed by atoms with Crippen molar-refractivity contribution in [1.82, 2.24) is 14.8 Å². The Bertz CT molecular complexity index is 1320. The van der Waals surface area contributed by atoms with Crippen LogP contribution < -0.4 is 0 Å². The molecule has 2 aliphatic rings. The monoisotopic (exact) mass is 463 g/mol. The minimum atomic E-state index is -0.644. The van der Waals surface area contributed by atoms with Crippen LogP contribution in [0.3, 0.4) is 0 Å². The van der Waals surface area contributed by atoms with Crippen molar-refractivity contribution in [2.75, 3.05) is 13.2 Å². The molecule has 34 heavy (non-hydrogen) atoms. The Morgan fingerprint density at radius 1 is 1.15 bits per heavy atom. The summed E-state index contributed by atoms with van der Waals surface area (Å²) in [4.78, 5) is 10.0. The molecule has 7 heteroatoms. The minimum Gasteiger partial charge on any atom is -0.481 e. The van der Waals surface area contributed by atoms with Crippen molar-refractivity contribution in [2.45, 2.75) is 51.4 Å². The lowest BCUT2D eigenvalue weighted by Gasteiger charge is -2.24. The number of benzene rings is 2. The molecule has 0 radical (unpaired) electrons. The molecule has 1 aliphatic carbocycles. The van der Waals surface area contributed by atoms with E-state index < -0.39 is 5.97 Å². The van der Waals surface area contributed by atoms with E-state index in [9.17, 15) is 9.18 Å². The molecule has 178 valence electrons. The molecule has 0 atom stereocenters. The molecular formula is C27H30FN3O3. The van der Waals surface area contributed by atoms with Gasteiger partial charge in [-0.3, -0.25) is 9.89 Å². The molecule has 2 fully saturated rings. The highest BCUT2D eigenvalue weighted by Crippen LogP contribution is 2.36. The number of nitrogens with zero attached hydrogens (tertiary/aromatic N) is 2. The highest BCUT2D eigenvalue weighted by molar-refractivity contribution is 5.96. The standard InChI is InChI=1S/C21H20FN3O.C6H10O2/c1-13-8-17(2-3-18(13)22)25-20(14-4-6-26-7-5-14)10-15-9-19-16(11-21(15)25)12-23-24-19;7-6(8)4-5-2-1-3-5/h2-3,8-12,14H,4-7H2,1H3,(H,23,24);5H,1-4H2,(H,7,8). The smallest absolute Gasteiger partial charge is 0.303 e.